The van der Waals surface area contributed by atoms with Crippen molar-refractivity contribution in [3.8, 4) is 0 Å². The molecule has 1 saturated heterocycles. The third kappa shape index (κ3) is 5.55. The van der Waals surface area contributed by atoms with Gasteiger partial charge in [0.2, 0.25) is 15.9 Å². The fourth-order valence-corrected chi connectivity index (χ4v) is 5.34. The second-order valence-electron chi connectivity index (χ2n) is 7.31. The third-order valence-corrected chi connectivity index (χ3v) is 8.55. The van der Waals surface area contributed by atoms with Crippen LogP contribution in [0.1, 0.15) is 31.1 Å². The van der Waals surface area contributed by atoms with Crippen LogP contribution in [0.25, 0.3) is 0 Å². The van der Waals surface area contributed by atoms with Crippen molar-refractivity contribution in [2.45, 2.75) is 37.8 Å². The van der Waals surface area contributed by atoms with E-state index in [-0.39, 0.29) is 47.0 Å². The van der Waals surface area contributed by atoms with E-state index in [1.807, 2.05) is 0 Å². The molecule has 1 aromatic carbocycles. The Morgan fingerprint density at radius 1 is 1.07 bits per heavy atom. The van der Waals surface area contributed by atoms with Crippen molar-refractivity contribution < 1.29 is 26.4 Å². The number of sulfonamides is 1. The van der Waals surface area contributed by atoms with E-state index in [4.69, 9.17) is 0 Å². The highest BCUT2D eigenvalue weighted by Gasteiger charge is 2.29. The molecule has 1 aliphatic rings. The first-order valence-corrected chi connectivity index (χ1v) is 12.5. The number of sulfone groups is 1. The van der Waals surface area contributed by atoms with Crippen LogP contribution in [0.3, 0.4) is 0 Å². The summed E-state index contributed by atoms with van der Waals surface area (Å²) in [6, 6.07) is 4.44. The molecule has 0 spiro atoms. The summed E-state index contributed by atoms with van der Waals surface area (Å²) in [6.07, 6.45) is 0. The monoisotopic (exact) mass is 445 g/mol. The predicted octanol–water partition coefficient (Wildman–Crippen LogP) is 0.0908. The molecule has 1 fully saturated rings. The fourth-order valence-electron chi connectivity index (χ4n) is 2.77. The van der Waals surface area contributed by atoms with Crippen molar-refractivity contribution in [1.29, 1.82) is 0 Å². The summed E-state index contributed by atoms with van der Waals surface area (Å²) >= 11 is 0. The van der Waals surface area contributed by atoms with Gasteiger partial charge in [0, 0.05) is 31.7 Å². The predicted molar refractivity (Wildman–Crippen MR) is 109 cm³/mol. The van der Waals surface area contributed by atoms with E-state index < -0.39 is 31.8 Å². The Morgan fingerprint density at radius 2 is 1.59 bits per heavy atom. The van der Waals surface area contributed by atoms with E-state index in [2.05, 4.69) is 5.32 Å². The molecule has 0 aliphatic carbocycles. The molecular formula is C18H27N3O6S2. The summed E-state index contributed by atoms with van der Waals surface area (Å²) in [5, 5.41) is 2.57. The SMILES string of the molecule is CC(NC(=O)c1ccc(S(=O)(=O)N(C)C(C)C)cc1)C(=O)N1CCS(=O)(=O)CC1. The maximum Gasteiger partial charge on any atom is 0.251 e. The minimum absolute atomic E-state index is 0.0731. The van der Waals surface area contributed by atoms with Gasteiger partial charge in [0.15, 0.2) is 9.84 Å². The Bertz CT molecular complexity index is 957. The van der Waals surface area contributed by atoms with Crippen LogP contribution in [0.4, 0.5) is 0 Å². The summed E-state index contributed by atoms with van der Waals surface area (Å²) in [7, 11) is -5.27. The van der Waals surface area contributed by atoms with Gasteiger partial charge < -0.3 is 10.2 Å². The van der Waals surface area contributed by atoms with Crippen LogP contribution in [0.15, 0.2) is 29.2 Å². The quantitative estimate of drug-likeness (QED) is 0.663. The summed E-state index contributed by atoms with van der Waals surface area (Å²) in [6.45, 7) is 5.26. The smallest absolute Gasteiger partial charge is 0.251 e. The van der Waals surface area contributed by atoms with Crippen LogP contribution >= 0.6 is 0 Å². The molecule has 2 amide bonds. The number of rotatable bonds is 6. The highest BCUT2D eigenvalue weighted by molar-refractivity contribution is 7.91. The van der Waals surface area contributed by atoms with Gasteiger partial charge in [0.25, 0.3) is 5.91 Å². The minimum atomic E-state index is -3.65. The second kappa shape index (κ2) is 8.80. The number of hydrogen-bond acceptors (Lipinski definition) is 6. The van der Waals surface area contributed by atoms with Crippen LogP contribution in [-0.4, -0.2) is 81.6 Å². The summed E-state index contributed by atoms with van der Waals surface area (Å²) in [5.74, 6) is -1.04. The average molecular weight is 446 g/mol. The molecule has 0 radical (unpaired) electrons. The Morgan fingerprint density at radius 3 is 2.07 bits per heavy atom. The first-order valence-electron chi connectivity index (χ1n) is 9.23. The molecule has 29 heavy (non-hydrogen) atoms. The lowest BCUT2D eigenvalue weighted by molar-refractivity contribution is -0.132. The number of amides is 2. The zero-order valence-corrected chi connectivity index (χ0v) is 18.6. The van der Waals surface area contributed by atoms with Crippen LogP contribution in [-0.2, 0) is 24.7 Å². The van der Waals surface area contributed by atoms with Gasteiger partial charge in [-0.25, -0.2) is 16.8 Å². The zero-order valence-electron chi connectivity index (χ0n) is 17.0. The van der Waals surface area contributed by atoms with Crippen LogP contribution in [0.2, 0.25) is 0 Å². The van der Waals surface area contributed by atoms with Gasteiger partial charge in [-0.1, -0.05) is 0 Å². The molecular weight excluding hydrogens is 418 g/mol. The number of nitrogens with one attached hydrogen (secondary N) is 1. The number of carbonyl (C=O) groups is 2. The standard InChI is InChI=1S/C18H27N3O6S2/c1-13(2)20(4)29(26,27)16-7-5-15(6-8-16)17(22)19-14(3)18(23)21-9-11-28(24,25)12-10-21/h5-8,13-14H,9-12H2,1-4H3,(H,19,22). The number of carbonyl (C=O) groups excluding carboxylic acids is 2. The van der Waals surface area contributed by atoms with Gasteiger partial charge in [0.1, 0.15) is 6.04 Å². The molecule has 1 heterocycles. The van der Waals surface area contributed by atoms with Gasteiger partial charge in [-0.15, -0.1) is 0 Å². The van der Waals surface area contributed by atoms with Gasteiger partial charge in [-0.05, 0) is 45.0 Å². The molecule has 1 aliphatic heterocycles. The van der Waals surface area contributed by atoms with Crippen molar-refractivity contribution in [2.24, 2.45) is 0 Å². The Hall–Kier alpha value is -1.98. The van der Waals surface area contributed by atoms with Crippen molar-refractivity contribution in [2.75, 3.05) is 31.6 Å². The zero-order chi connectivity index (χ0) is 22.0. The van der Waals surface area contributed by atoms with Gasteiger partial charge >= 0.3 is 0 Å². The minimum Gasteiger partial charge on any atom is -0.341 e. The largest absolute Gasteiger partial charge is 0.341 e. The molecule has 11 heteroatoms. The van der Waals surface area contributed by atoms with Gasteiger partial charge in [0.05, 0.1) is 16.4 Å². The molecule has 1 atom stereocenters. The lowest BCUT2D eigenvalue weighted by Crippen LogP contribution is -2.51. The molecule has 1 N–H and O–H groups in total. The molecule has 1 unspecified atom stereocenters. The number of benzene rings is 1. The highest BCUT2D eigenvalue weighted by Crippen LogP contribution is 2.17. The van der Waals surface area contributed by atoms with Crippen LogP contribution in [0.5, 0.6) is 0 Å². The average Bonchev–Trinajstić information content (AvgIpc) is 2.66. The Balaban J connectivity index is 2.03. The molecule has 1 aromatic rings. The van der Waals surface area contributed by atoms with E-state index in [9.17, 15) is 26.4 Å². The molecule has 2 rings (SSSR count). The number of hydrogen-bond donors (Lipinski definition) is 1. The highest BCUT2D eigenvalue weighted by atomic mass is 32.2. The fraction of sp³-hybridized carbons (Fsp3) is 0.556. The number of nitrogens with zero attached hydrogens (tertiary/aromatic N) is 2. The normalized spacial score (nSPS) is 17.9. The lowest BCUT2D eigenvalue weighted by Gasteiger charge is -2.29. The van der Waals surface area contributed by atoms with E-state index in [0.717, 1.165) is 0 Å². The van der Waals surface area contributed by atoms with Crippen molar-refractivity contribution in [3.63, 3.8) is 0 Å². The third-order valence-electron chi connectivity index (χ3n) is 4.89. The Labute approximate surface area is 172 Å². The van der Waals surface area contributed by atoms with Gasteiger partial charge in [-0.2, -0.15) is 4.31 Å². The summed E-state index contributed by atoms with van der Waals surface area (Å²) in [4.78, 5) is 26.3. The Kier molecular flexibility index (Phi) is 7.07. The molecule has 9 nitrogen and oxygen atoms in total. The first kappa shape index (κ1) is 23.3. The van der Waals surface area contributed by atoms with E-state index in [1.165, 1.54) is 47.4 Å². The maximum atomic E-state index is 12.5. The molecule has 162 valence electrons. The second-order valence-corrected chi connectivity index (χ2v) is 11.6. The van der Waals surface area contributed by atoms with E-state index in [0.29, 0.717) is 0 Å². The first-order chi connectivity index (χ1) is 13.3. The molecule has 0 saturated carbocycles. The topological polar surface area (TPSA) is 121 Å². The van der Waals surface area contributed by atoms with Crippen molar-refractivity contribution in [1.82, 2.24) is 14.5 Å². The van der Waals surface area contributed by atoms with Gasteiger partial charge in [-0.3, -0.25) is 9.59 Å². The summed E-state index contributed by atoms with van der Waals surface area (Å²) in [5.41, 5.74) is 0.219. The van der Waals surface area contributed by atoms with Crippen LogP contribution in [0, 0.1) is 0 Å². The van der Waals surface area contributed by atoms with E-state index >= 15 is 0 Å². The maximum absolute atomic E-state index is 12.5. The molecule has 0 bridgehead atoms. The van der Waals surface area contributed by atoms with E-state index in [1.54, 1.807) is 13.8 Å². The van der Waals surface area contributed by atoms with Crippen LogP contribution < -0.4 is 5.32 Å². The molecule has 0 aromatic heterocycles. The lowest BCUT2D eigenvalue weighted by atomic mass is 10.2. The van der Waals surface area contributed by atoms with Crippen molar-refractivity contribution in [3.05, 3.63) is 29.8 Å². The van der Waals surface area contributed by atoms with Crippen molar-refractivity contribution >= 4 is 31.7 Å². The summed E-state index contributed by atoms with van der Waals surface area (Å²) < 4.78 is 49.1.